The first-order chi connectivity index (χ1) is 18.5. The number of aliphatic carboxylic acids is 1. The molecule has 1 rings (SSSR count). The average Bonchev–Trinajstić information content (AvgIpc) is 2.90. The Kier molecular flexibility index (Phi) is 28.4. The number of ether oxygens (including phenoxy) is 5. The highest BCUT2D eigenvalue weighted by atomic mass is 32.2. The molecule has 0 aliphatic carbocycles. The van der Waals surface area contributed by atoms with Crippen LogP contribution in [0, 0.1) is 0 Å². The van der Waals surface area contributed by atoms with Crippen LogP contribution in [0.1, 0.15) is 51.9 Å². The second-order valence-electron chi connectivity index (χ2n) is 8.43. The zero-order valence-corrected chi connectivity index (χ0v) is 24.8. The Labute approximate surface area is 237 Å². The largest absolute Gasteiger partial charge is 0.550 e. The van der Waals surface area contributed by atoms with E-state index in [1.165, 1.54) is 0 Å². The van der Waals surface area contributed by atoms with Crippen molar-refractivity contribution < 1.29 is 43.2 Å². The number of Topliss-reactive ketones (excluding diaryl/α,β-unsaturated/α-hetero) is 1. The third-order valence-corrected chi connectivity index (χ3v) is 7.25. The number of carbonyl (C=O) groups is 3. The molecule has 1 N–H and O–H groups in total. The molecule has 0 radical (unpaired) electrons. The number of ketones is 1. The standard InChI is InChI=1S/C17H32O6S.C9H17NO3S/c1-2-16(18)15-24-12-4-3-5-21-13-17-14-22-9-8-19-6-7-20-10-11-23-17;1-10-8(11)7-14-6-4-2-3-5-9(12)13/h17H,2-15H2,1H3;2-7H2,1H3,(H,10,11)(H,12,13)/p-1. The summed E-state index contributed by atoms with van der Waals surface area (Å²) in [6.07, 6.45) is 5.28. The summed E-state index contributed by atoms with van der Waals surface area (Å²) in [5.41, 5.74) is 0. The SMILES string of the molecule is CCC(=O)CSCCCCOCC1COCCOCCOCCO1.CNC(=O)CSCCCCCC(=O)[O-]. The molecule has 0 spiro atoms. The minimum atomic E-state index is -0.983. The van der Waals surface area contributed by atoms with E-state index >= 15 is 0 Å². The Morgan fingerprint density at radius 1 is 0.868 bits per heavy atom. The van der Waals surface area contributed by atoms with Gasteiger partial charge in [-0.1, -0.05) is 13.3 Å². The van der Waals surface area contributed by atoms with Crippen molar-refractivity contribution in [1.82, 2.24) is 5.32 Å². The van der Waals surface area contributed by atoms with Gasteiger partial charge in [0.25, 0.3) is 0 Å². The normalized spacial score (nSPS) is 16.8. The lowest BCUT2D eigenvalue weighted by atomic mass is 10.2. The summed E-state index contributed by atoms with van der Waals surface area (Å²) in [4.78, 5) is 32.0. The number of hydrogen-bond acceptors (Lipinski definition) is 11. The van der Waals surface area contributed by atoms with E-state index in [9.17, 15) is 19.5 Å². The van der Waals surface area contributed by atoms with Crippen LogP contribution < -0.4 is 10.4 Å². The molecule has 0 saturated carbocycles. The Bertz CT molecular complexity index is 573. The van der Waals surface area contributed by atoms with Gasteiger partial charge in [-0.15, -0.1) is 0 Å². The van der Waals surface area contributed by atoms with E-state index in [0.29, 0.717) is 89.6 Å². The molecular weight excluding hydrogens is 534 g/mol. The Hall–Kier alpha value is -0.890. The van der Waals surface area contributed by atoms with E-state index in [1.54, 1.807) is 30.6 Å². The summed E-state index contributed by atoms with van der Waals surface area (Å²) < 4.78 is 27.8. The molecule has 1 fully saturated rings. The summed E-state index contributed by atoms with van der Waals surface area (Å²) in [5, 5.41) is 12.6. The molecule has 1 aliphatic rings. The van der Waals surface area contributed by atoms with Gasteiger partial charge < -0.3 is 38.9 Å². The third-order valence-electron chi connectivity index (χ3n) is 5.10. The van der Waals surface area contributed by atoms with Gasteiger partial charge in [0.2, 0.25) is 5.91 Å². The molecular formula is C26H48NO9S2-. The number of unbranched alkanes of at least 4 members (excludes halogenated alkanes) is 3. The molecule has 0 aromatic heterocycles. The number of thioether (sulfide) groups is 2. The lowest BCUT2D eigenvalue weighted by Crippen LogP contribution is -2.29. The first kappa shape index (κ1) is 37.1. The molecule has 0 aromatic rings. The zero-order valence-electron chi connectivity index (χ0n) is 23.2. The van der Waals surface area contributed by atoms with Crippen LogP contribution in [0.5, 0.6) is 0 Å². The maximum atomic E-state index is 11.2. The molecule has 0 aromatic carbocycles. The fourth-order valence-electron chi connectivity index (χ4n) is 2.87. The minimum absolute atomic E-state index is 0.0322. The van der Waals surface area contributed by atoms with E-state index in [2.05, 4.69) is 5.32 Å². The number of carboxylic acid groups (broad SMARTS) is 1. The first-order valence-electron chi connectivity index (χ1n) is 13.5. The summed E-state index contributed by atoms with van der Waals surface area (Å²) in [5.74, 6) is 2.40. The van der Waals surface area contributed by atoms with Crippen molar-refractivity contribution in [2.45, 2.75) is 58.0 Å². The molecule has 38 heavy (non-hydrogen) atoms. The van der Waals surface area contributed by atoms with Crippen LogP contribution in [-0.4, -0.2) is 113 Å². The quantitative estimate of drug-likeness (QED) is 0.237. The molecule has 1 heterocycles. The van der Waals surface area contributed by atoms with E-state index in [4.69, 9.17) is 23.7 Å². The Morgan fingerprint density at radius 3 is 2.16 bits per heavy atom. The van der Waals surface area contributed by atoms with Crippen molar-refractivity contribution in [1.29, 1.82) is 0 Å². The number of rotatable bonds is 18. The van der Waals surface area contributed by atoms with Crippen molar-refractivity contribution in [3.63, 3.8) is 0 Å². The summed E-state index contributed by atoms with van der Waals surface area (Å²) >= 11 is 3.28. The van der Waals surface area contributed by atoms with Crippen LogP contribution in [0.3, 0.4) is 0 Å². The van der Waals surface area contributed by atoms with E-state index in [-0.39, 0.29) is 18.4 Å². The molecule has 0 bridgehead atoms. The number of carboxylic acids is 1. The Balaban J connectivity index is 0.000000835. The van der Waals surface area contributed by atoms with Crippen LogP contribution in [0.2, 0.25) is 0 Å². The lowest BCUT2D eigenvalue weighted by Gasteiger charge is -2.19. The summed E-state index contributed by atoms with van der Waals surface area (Å²) in [6.45, 7) is 7.09. The average molecular weight is 583 g/mol. The maximum Gasteiger partial charge on any atom is 0.229 e. The zero-order chi connectivity index (χ0) is 28.1. The Morgan fingerprint density at radius 2 is 1.50 bits per heavy atom. The molecule has 1 unspecified atom stereocenters. The van der Waals surface area contributed by atoms with Crippen molar-refractivity contribution >= 4 is 41.2 Å². The molecule has 1 aliphatic heterocycles. The van der Waals surface area contributed by atoms with Gasteiger partial charge in [0, 0.05) is 26.0 Å². The predicted molar refractivity (Wildman–Crippen MR) is 150 cm³/mol. The number of nitrogens with one attached hydrogen (secondary N) is 1. The fraction of sp³-hybridized carbons (Fsp3) is 0.885. The molecule has 1 atom stereocenters. The van der Waals surface area contributed by atoms with Gasteiger partial charge >= 0.3 is 0 Å². The van der Waals surface area contributed by atoms with Gasteiger partial charge in [-0.25, -0.2) is 0 Å². The van der Waals surface area contributed by atoms with Gasteiger partial charge in [0.05, 0.1) is 64.4 Å². The lowest BCUT2D eigenvalue weighted by molar-refractivity contribution is -0.305. The second kappa shape index (κ2) is 29.1. The van der Waals surface area contributed by atoms with Crippen molar-refractivity contribution in [3.05, 3.63) is 0 Å². The second-order valence-corrected chi connectivity index (χ2v) is 10.6. The monoisotopic (exact) mass is 582 g/mol. The van der Waals surface area contributed by atoms with E-state index in [1.807, 2.05) is 6.92 Å². The molecule has 1 amide bonds. The van der Waals surface area contributed by atoms with Crippen LogP contribution in [0.4, 0.5) is 0 Å². The van der Waals surface area contributed by atoms with Crippen LogP contribution in [0.25, 0.3) is 0 Å². The van der Waals surface area contributed by atoms with E-state index in [0.717, 1.165) is 37.2 Å². The van der Waals surface area contributed by atoms with Gasteiger partial charge in [-0.3, -0.25) is 9.59 Å². The highest BCUT2D eigenvalue weighted by Crippen LogP contribution is 2.07. The minimum Gasteiger partial charge on any atom is -0.550 e. The number of carbonyl (C=O) groups excluding carboxylic acids is 3. The number of hydrogen-bond donors (Lipinski definition) is 1. The third kappa shape index (κ3) is 28.1. The van der Waals surface area contributed by atoms with Crippen LogP contribution in [-0.2, 0) is 38.1 Å². The smallest absolute Gasteiger partial charge is 0.229 e. The van der Waals surface area contributed by atoms with Gasteiger partial charge in [-0.05, 0) is 43.6 Å². The van der Waals surface area contributed by atoms with Gasteiger partial charge in [0.15, 0.2) is 0 Å². The molecule has 10 nitrogen and oxygen atoms in total. The number of amides is 1. The molecule has 1 saturated heterocycles. The van der Waals surface area contributed by atoms with Gasteiger partial charge in [0.1, 0.15) is 11.9 Å². The van der Waals surface area contributed by atoms with Crippen molar-refractivity contribution in [2.24, 2.45) is 0 Å². The summed E-state index contributed by atoms with van der Waals surface area (Å²) in [6, 6.07) is 0. The van der Waals surface area contributed by atoms with Gasteiger partial charge in [-0.2, -0.15) is 23.5 Å². The van der Waals surface area contributed by atoms with Crippen molar-refractivity contribution in [2.75, 3.05) is 89.5 Å². The maximum absolute atomic E-state index is 11.2. The van der Waals surface area contributed by atoms with Crippen LogP contribution in [0.15, 0.2) is 0 Å². The van der Waals surface area contributed by atoms with Crippen LogP contribution >= 0.6 is 23.5 Å². The molecule has 12 heteroatoms. The first-order valence-corrected chi connectivity index (χ1v) is 15.8. The highest BCUT2D eigenvalue weighted by Gasteiger charge is 2.11. The molecule has 224 valence electrons. The summed E-state index contributed by atoms with van der Waals surface area (Å²) in [7, 11) is 1.61. The fourth-order valence-corrected chi connectivity index (χ4v) is 4.74. The topological polar surface area (TPSA) is 132 Å². The van der Waals surface area contributed by atoms with Crippen molar-refractivity contribution in [3.8, 4) is 0 Å². The highest BCUT2D eigenvalue weighted by molar-refractivity contribution is 8.00. The van der Waals surface area contributed by atoms with E-state index < -0.39 is 5.97 Å². The predicted octanol–water partition coefficient (Wildman–Crippen LogP) is 1.72.